The molecule has 5 rings (SSSR count). The molecule has 0 fully saturated rings. The first-order chi connectivity index (χ1) is 12.5. The van der Waals surface area contributed by atoms with Gasteiger partial charge in [0, 0.05) is 0 Å². The Morgan fingerprint density at radius 2 is 0.769 bits per heavy atom. The van der Waals surface area contributed by atoms with Crippen molar-refractivity contribution in [2.24, 2.45) is 0 Å². The molecule has 2 heterocycles. The minimum atomic E-state index is 0.450. The quantitative estimate of drug-likeness (QED) is 0.259. The average Bonchev–Trinajstić information content (AvgIpc) is 2.59. The third-order valence-electron chi connectivity index (χ3n) is 4.21. The number of aromatic nitrogens is 2. The van der Waals surface area contributed by atoms with Crippen LogP contribution in [0.5, 0.6) is 0 Å². The van der Waals surface area contributed by atoms with Crippen LogP contribution in [0.4, 0.5) is 22.7 Å². The lowest BCUT2D eigenvalue weighted by Crippen LogP contribution is -2.07. The van der Waals surface area contributed by atoms with E-state index in [0.717, 1.165) is 33.8 Å². The fraction of sp³-hybridized carbons (Fsp3) is 0. The molecule has 0 aliphatic carbocycles. The maximum absolute atomic E-state index is 6.12. The predicted molar refractivity (Wildman–Crippen MR) is 110 cm³/mol. The summed E-state index contributed by atoms with van der Waals surface area (Å²) < 4.78 is 0. The topological polar surface area (TPSA) is 49.8 Å². The Morgan fingerprint density at radius 3 is 1.19 bits per heavy atom. The number of anilines is 4. The van der Waals surface area contributed by atoms with Crippen molar-refractivity contribution in [3.63, 3.8) is 0 Å². The number of hydrogen-bond donors (Lipinski definition) is 2. The number of nitrogens with zero attached hydrogens (tertiary/aromatic N) is 2. The van der Waals surface area contributed by atoms with Gasteiger partial charge in [-0.15, -0.1) is 0 Å². The molecule has 0 bridgehead atoms. The summed E-state index contributed by atoms with van der Waals surface area (Å²) in [6, 6.07) is 10.9. The summed E-state index contributed by atoms with van der Waals surface area (Å²) >= 11 is 24.4. The molecule has 0 saturated carbocycles. The average molecular weight is 422 g/mol. The molecule has 4 nitrogen and oxygen atoms in total. The summed E-state index contributed by atoms with van der Waals surface area (Å²) in [6.45, 7) is 0. The van der Waals surface area contributed by atoms with Crippen molar-refractivity contribution >= 4 is 91.2 Å². The van der Waals surface area contributed by atoms with E-state index in [1.54, 1.807) is 24.3 Å². The van der Waals surface area contributed by atoms with Crippen molar-refractivity contribution in [1.82, 2.24) is 9.97 Å². The first kappa shape index (κ1) is 16.2. The van der Waals surface area contributed by atoms with E-state index in [-0.39, 0.29) is 0 Å². The van der Waals surface area contributed by atoms with E-state index in [9.17, 15) is 0 Å². The smallest absolute Gasteiger partial charge is 0.0916 e. The van der Waals surface area contributed by atoms with Crippen molar-refractivity contribution in [2.45, 2.75) is 0 Å². The molecule has 0 amide bonds. The molecule has 0 spiro atoms. The number of hydrogen-bond acceptors (Lipinski definition) is 4. The molecule has 128 valence electrons. The molecular weight excluding hydrogens is 414 g/mol. The van der Waals surface area contributed by atoms with Gasteiger partial charge in [0.1, 0.15) is 0 Å². The van der Waals surface area contributed by atoms with Crippen molar-refractivity contribution in [3.8, 4) is 0 Å². The Bertz CT molecular complexity index is 1140. The highest BCUT2D eigenvalue weighted by atomic mass is 35.5. The Labute approximate surface area is 168 Å². The van der Waals surface area contributed by atoms with Crippen LogP contribution in [0.3, 0.4) is 0 Å². The molecule has 1 aliphatic heterocycles. The van der Waals surface area contributed by atoms with Gasteiger partial charge in [-0.3, -0.25) is 0 Å². The van der Waals surface area contributed by atoms with Gasteiger partial charge in [0.05, 0.1) is 64.9 Å². The second-order valence-electron chi connectivity index (χ2n) is 5.93. The molecule has 1 aliphatic rings. The molecule has 0 unspecified atom stereocenters. The van der Waals surface area contributed by atoms with Gasteiger partial charge < -0.3 is 10.6 Å². The number of halogens is 4. The first-order valence-electron chi connectivity index (χ1n) is 7.61. The van der Waals surface area contributed by atoms with E-state index >= 15 is 0 Å². The molecule has 26 heavy (non-hydrogen) atoms. The van der Waals surface area contributed by atoms with Gasteiger partial charge in [-0.05, 0) is 36.4 Å². The monoisotopic (exact) mass is 420 g/mol. The van der Waals surface area contributed by atoms with Crippen LogP contribution in [0.15, 0.2) is 36.4 Å². The van der Waals surface area contributed by atoms with E-state index in [0.29, 0.717) is 31.1 Å². The summed E-state index contributed by atoms with van der Waals surface area (Å²) in [5, 5.41) is 8.57. The molecule has 1 aromatic heterocycles. The van der Waals surface area contributed by atoms with E-state index in [1.807, 2.05) is 12.1 Å². The lowest BCUT2D eigenvalue weighted by Gasteiger charge is -2.24. The highest BCUT2D eigenvalue weighted by Gasteiger charge is 2.18. The zero-order chi connectivity index (χ0) is 18.0. The van der Waals surface area contributed by atoms with E-state index in [1.165, 1.54) is 0 Å². The number of nitrogens with one attached hydrogen (secondary N) is 2. The Balaban J connectivity index is 1.70. The van der Waals surface area contributed by atoms with Gasteiger partial charge in [0.15, 0.2) is 0 Å². The maximum Gasteiger partial charge on any atom is 0.0916 e. The fourth-order valence-corrected chi connectivity index (χ4v) is 3.61. The van der Waals surface area contributed by atoms with Crippen molar-refractivity contribution in [2.75, 3.05) is 10.6 Å². The van der Waals surface area contributed by atoms with Gasteiger partial charge in [0.2, 0.25) is 0 Å². The molecule has 0 saturated heterocycles. The zero-order valence-corrected chi connectivity index (χ0v) is 15.9. The summed E-state index contributed by atoms with van der Waals surface area (Å²) in [4.78, 5) is 9.31. The molecular formula is C18H8Cl4N4. The fourth-order valence-electron chi connectivity index (χ4n) is 2.97. The predicted octanol–water partition coefficient (Wildman–Crippen LogP) is 7.20. The number of fused-ring (bicyclic) bond motifs is 4. The van der Waals surface area contributed by atoms with Crippen molar-refractivity contribution in [1.29, 1.82) is 0 Å². The molecule has 4 aromatic rings. The zero-order valence-electron chi connectivity index (χ0n) is 12.9. The minimum absolute atomic E-state index is 0.450. The lowest BCUT2D eigenvalue weighted by molar-refractivity contribution is 1.38. The summed E-state index contributed by atoms with van der Waals surface area (Å²) in [5.41, 5.74) is 6.29. The third-order valence-corrected chi connectivity index (χ3v) is 5.66. The number of benzene rings is 3. The van der Waals surface area contributed by atoms with Crippen LogP contribution in [0, 0.1) is 0 Å². The Hall–Kier alpha value is -1.98. The van der Waals surface area contributed by atoms with E-state index in [2.05, 4.69) is 20.6 Å². The van der Waals surface area contributed by atoms with Crippen LogP contribution in [-0.4, -0.2) is 9.97 Å². The largest absolute Gasteiger partial charge is 0.352 e. The SMILES string of the molecule is Clc1cc2c(cc1Cl)Nc1cc3nc4cc(Cl)c(Cl)cc4nc3cc1N2. The van der Waals surface area contributed by atoms with E-state index < -0.39 is 0 Å². The summed E-state index contributed by atoms with van der Waals surface area (Å²) in [6.07, 6.45) is 0. The van der Waals surface area contributed by atoms with Crippen LogP contribution in [0.2, 0.25) is 20.1 Å². The Kier molecular flexibility index (Phi) is 3.59. The molecule has 0 atom stereocenters. The normalized spacial score (nSPS) is 12.5. The van der Waals surface area contributed by atoms with Crippen LogP contribution in [0.1, 0.15) is 0 Å². The maximum atomic E-state index is 6.12. The van der Waals surface area contributed by atoms with Crippen molar-refractivity contribution in [3.05, 3.63) is 56.5 Å². The first-order valence-corrected chi connectivity index (χ1v) is 9.13. The number of rotatable bonds is 0. The second kappa shape index (κ2) is 5.76. The van der Waals surface area contributed by atoms with Crippen molar-refractivity contribution < 1.29 is 0 Å². The van der Waals surface area contributed by atoms with Gasteiger partial charge >= 0.3 is 0 Å². The van der Waals surface area contributed by atoms with Gasteiger partial charge in [-0.2, -0.15) is 0 Å². The Morgan fingerprint density at radius 1 is 0.462 bits per heavy atom. The highest BCUT2D eigenvalue weighted by molar-refractivity contribution is 6.43. The van der Waals surface area contributed by atoms with E-state index in [4.69, 9.17) is 46.4 Å². The van der Waals surface area contributed by atoms with Gasteiger partial charge in [-0.1, -0.05) is 46.4 Å². The minimum Gasteiger partial charge on any atom is -0.352 e. The van der Waals surface area contributed by atoms with Crippen LogP contribution >= 0.6 is 46.4 Å². The summed E-state index contributed by atoms with van der Waals surface area (Å²) in [5.74, 6) is 0. The standard InChI is InChI=1S/C18H8Cl4N4/c19-7-1-11-12(2-8(7)20)24-16-6-18-17(5-15(16)23-11)25-13-3-9(21)10(22)4-14(13)26-18/h1-6,23-24H. The van der Waals surface area contributed by atoms with Gasteiger partial charge in [0.25, 0.3) is 0 Å². The molecule has 8 heteroatoms. The second-order valence-corrected chi connectivity index (χ2v) is 7.56. The highest BCUT2D eigenvalue weighted by Crippen LogP contribution is 2.43. The molecule has 3 aromatic carbocycles. The van der Waals surface area contributed by atoms with Gasteiger partial charge in [-0.25, -0.2) is 9.97 Å². The lowest BCUT2D eigenvalue weighted by atomic mass is 10.1. The van der Waals surface area contributed by atoms with Crippen LogP contribution < -0.4 is 10.6 Å². The molecule has 0 radical (unpaired) electrons. The third kappa shape index (κ3) is 2.53. The summed E-state index contributed by atoms with van der Waals surface area (Å²) in [7, 11) is 0. The van der Waals surface area contributed by atoms with Crippen LogP contribution in [-0.2, 0) is 0 Å². The molecule has 2 N–H and O–H groups in total. The van der Waals surface area contributed by atoms with Crippen LogP contribution in [0.25, 0.3) is 22.1 Å².